The standard InChI is InChI=1S/C16H18BrNO5/c1-16(2,3)23-15(21)18-8-9-7-10(17)5-6-11(9)13(19)12(18)14(20)22-4/h5-7,12H,8H2,1-4H3. The molecule has 0 aromatic heterocycles. The predicted molar refractivity (Wildman–Crippen MR) is 86.1 cm³/mol. The van der Waals surface area contributed by atoms with E-state index in [4.69, 9.17) is 9.47 Å². The molecule has 1 atom stereocenters. The van der Waals surface area contributed by atoms with E-state index in [9.17, 15) is 14.4 Å². The van der Waals surface area contributed by atoms with E-state index < -0.39 is 29.5 Å². The van der Waals surface area contributed by atoms with E-state index in [1.54, 1.807) is 39.0 Å². The Morgan fingerprint density at radius 1 is 1.30 bits per heavy atom. The molecule has 0 saturated heterocycles. The number of ketones is 1. The molecule has 0 radical (unpaired) electrons. The Kier molecular flexibility index (Phi) is 4.79. The number of nitrogens with zero attached hydrogens (tertiary/aromatic N) is 1. The first kappa shape index (κ1) is 17.5. The lowest BCUT2D eigenvalue weighted by Gasteiger charge is -2.35. The number of hydrogen-bond acceptors (Lipinski definition) is 5. The van der Waals surface area contributed by atoms with E-state index in [2.05, 4.69) is 15.9 Å². The maximum Gasteiger partial charge on any atom is 0.411 e. The van der Waals surface area contributed by atoms with Crippen molar-refractivity contribution >= 4 is 33.8 Å². The van der Waals surface area contributed by atoms with E-state index in [0.717, 1.165) is 9.37 Å². The lowest BCUT2D eigenvalue weighted by molar-refractivity contribution is -0.145. The van der Waals surface area contributed by atoms with Crippen LogP contribution in [0.2, 0.25) is 0 Å². The van der Waals surface area contributed by atoms with Crippen molar-refractivity contribution in [2.24, 2.45) is 0 Å². The summed E-state index contributed by atoms with van der Waals surface area (Å²) in [4.78, 5) is 38.2. The lowest BCUT2D eigenvalue weighted by Crippen LogP contribution is -2.54. The van der Waals surface area contributed by atoms with Gasteiger partial charge in [-0.05, 0) is 44.5 Å². The molecule has 6 nitrogen and oxygen atoms in total. The lowest BCUT2D eigenvalue weighted by atomic mass is 9.93. The second-order valence-electron chi connectivity index (χ2n) is 6.20. The van der Waals surface area contributed by atoms with Crippen LogP contribution in [0.25, 0.3) is 0 Å². The number of methoxy groups -OCH3 is 1. The van der Waals surface area contributed by atoms with E-state index in [1.807, 2.05) is 0 Å². The highest BCUT2D eigenvalue weighted by Crippen LogP contribution is 2.28. The molecule has 0 spiro atoms. The quantitative estimate of drug-likeness (QED) is 0.550. The Morgan fingerprint density at radius 3 is 2.52 bits per heavy atom. The van der Waals surface area contributed by atoms with E-state index in [0.29, 0.717) is 11.1 Å². The van der Waals surface area contributed by atoms with Gasteiger partial charge in [-0.3, -0.25) is 9.69 Å². The molecule has 0 fully saturated rings. The van der Waals surface area contributed by atoms with Gasteiger partial charge >= 0.3 is 12.1 Å². The van der Waals surface area contributed by atoms with Crippen molar-refractivity contribution in [1.82, 2.24) is 4.90 Å². The van der Waals surface area contributed by atoms with E-state index in [-0.39, 0.29) is 6.54 Å². The minimum atomic E-state index is -1.33. The van der Waals surface area contributed by atoms with Gasteiger partial charge in [0.25, 0.3) is 0 Å². The van der Waals surface area contributed by atoms with Crippen molar-refractivity contribution in [1.29, 1.82) is 0 Å². The molecule has 1 aliphatic rings. The normalized spacial score (nSPS) is 17.5. The van der Waals surface area contributed by atoms with Crippen LogP contribution in [0.1, 0.15) is 36.7 Å². The molecule has 1 unspecified atom stereocenters. The summed E-state index contributed by atoms with van der Waals surface area (Å²) in [6.07, 6.45) is -0.730. The minimum Gasteiger partial charge on any atom is -0.467 e. The number of fused-ring (bicyclic) bond motifs is 1. The Morgan fingerprint density at radius 2 is 1.96 bits per heavy atom. The highest BCUT2D eigenvalue weighted by molar-refractivity contribution is 9.10. The third-order valence-electron chi connectivity index (χ3n) is 3.29. The maximum atomic E-state index is 12.6. The number of halogens is 1. The van der Waals surface area contributed by atoms with Crippen LogP contribution in [0.15, 0.2) is 22.7 Å². The zero-order valence-corrected chi connectivity index (χ0v) is 15.0. The number of benzene rings is 1. The second kappa shape index (κ2) is 6.31. The van der Waals surface area contributed by atoms with Crippen LogP contribution < -0.4 is 0 Å². The molecular weight excluding hydrogens is 366 g/mol. The van der Waals surface area contributed by atoms with Gasteiger partial charge in [0.15, 0.2) is 11.8 Å². The zero-order valence-electron chi connectivity index (χ0n) is 13.4. The largest absolute Gasteiger partial charge is 0.467 e. The molecule has 7 heteroatoms. The molecular formula is C16H18BrNO5. The number of esters is 1. The van der Waals surface area contributed by atoms with Gasteiger partial charge in [0.2, 0.25) is 0 Å². The van der Waals surface area contributed by atoms with Gasteiger partial charge in [-0.2, -0.15) is 0 Å². The molecule has 0 N–H and O–H groups in total. The van der Waals surface area contributed by atoms with Crippen molar-refractivity contribution in [2.75, 3.05) is 7.11 Å². The van der Waals surface area contributed by atoms with Crippen LogP contribution in [0.5, 0.6) is 0 Å². The Bertz CT molecular complexity index is 665. The number of carbonyl (C=O) groups is 3. The first-order valence-corrected chi connectivity index (χ1v) is 7.83. The fourth-order valence-corrected chi connectivity index (χ4v) is 2.74. The number of Topliss-reactive ketones (excluding diaryl/α,β-unsaturated/α-hetero) is 1. The molecule has 1 aliphatic heterocycles. The van der Waals surface area contributed by atoms with Crippen molar-refractivity contribution in [2.45, 2.75) is 39.0 Å². The highest BCUT2D eigenvalue weighted by Gasteiger charge is 2.43. The molecule has 0 bridgehead atoms. The number of hydrogen-bond donors (Lipinski definition) is 0. The maximum absolute atomic E-state index is 12.6. The van der Waals surface area contributed by atoms with Crippen molar-refractivity contribution in [3.63, 3.8) is 0 Å². The molecule has 1 heterocycles. The van der Waals surface area contributed by atoms with Gasteiger partial charge in [0, 0.05) is 10.0 Å². The molecule has 1 aromatic rings. The van der Waals surface area contributed by atoms with Crippen LogP contribution >= 0.6 is 15.9 Å². The van der Waals surface area contributed by atoms with Crippen LogP contribution in [0.4, 0.5) is 4.79 Å². The molecule has 0 aliphatic carbocycles. The van der Waals surface area contributed by atoms with Gasteiger partial charge in [-0.1, -0.05) is 15.9 Å². The van der Waals surface area contributed by atoms with Crippen LogP contribution in [-0.2, 0) is 20.8 Å². The van der Waals surface area contributed by atoms with Crippen LogP contribution in [-0.4, -0.2) is 41.5 Å². The Balaban J connectivity index is 2.44. The monoisotopic (exact) mass is 383 g/mol. The molecule has 23 heavy (non-hydrogen) atoms. The summed E-state index contributed by atoms with van der Waals surface area (Å²) < 4.78 is 10.8. The van der Waals surface area contributed by atoms with E-state index >= 15 is 0 Å². The number of rotatable bonds is 1. The first-order chi connectivity index (χ1) is 10.6. The molecule has 1 aromatic carbocycles. The Labute approximate surface area is 142 Å². The van der Waals surface area contributed by atoms with Crippen molar-refractivity contribution in [3.8, 4) is 0 Å². The van der Waals surface area contributed by atoms with Crippen molar-refractivity contribution in [3.05, 3.63) is 33.8 Å². The average Bonchev–Trinajstić information content (AvgIpc) is 2.44. The van der Waals surface area contributed by atoms with Gasteiger partial charge in [0.1, 0.15) is 5.60 Å². The van der Waals surface area contributed by atoms with Gasteiger partial charge in [-0.15, -0.1) is 0 Å². The Hall–Kier alpha value is -1.89. The number of amides is 1. The summed E-state index contributed by atoms with van der Waals surface area (Å²) in [5.74, 6) is -1.26. The second-order valence-corrected chi connectivity index (χ2v) is 7.12. The summed E-state index contributed by atoms with van der Waals surface area (Å²) in [5.41, 5.74) is 0.317. The topological polar surface area (TPSA) is 72.9 Å². The fraction of sp³-hybridized carbons (Fsp3) is 0.438. The van der Waals surface area contributed by atoms with Gasteiger partial charge < -0.3 is 9.47 Å². The first-order valence-electron chi connectivity index (χ1n) is 7.04. The van der Waals surface area contributed by atoms with Crippen LogP contribution in [0.3, 0.4) is 0 Å². The predicted octanol–water partition coefficient (Wildman–Crippen LogP) is 2.92. The third-order valence-corrected chi connectivity index (χ3v) is 3.78. The molecule has 124 valence electrons. The van der Waals surface area contributed by atoms with Gasteiger partial charge in [-0.25, -0.2) is 9.59 Å². The summed E-state index contributed by atoms with van der Waals surface area (Å²) in [6, 6.07) is 3.76. The highest BCUT2D eigenvalue weighted by atomic mass is 79.9. The zero-order chi connectivity index (χ0) is 17.4. The summed E-state index contributed by atoms with van der Waals surface area (Å²) in [5, 5.41) is 0. The summed E-state index contributed by atoms with van der Waals surface area (Å²) in [6.45, 7) is 5.24. The summed E-state index contributed by atoms with van der Waals surface area (Å²) in [7, 11) is 1.18. The average molecular weight is 384 g/mol. The fourth-order valence-electron chi connectivity index (χ4n) is 2.33. The number of carbonyl (C=O) groups excluding carboxylic acids is 3. The molecule has 2 rings (SSSR count). The molecule has 1 amide bonds. The summed E-state index contributed by atoms with van der Waals surface area (Å²) >= 11 is 3.34. The van der Waals surface area contributed by atoms with E-state index in [1.165, 1.54) is 7.11 Å². The van der Waals surface area contributed by atoms with Gasteiger partial charge in [0.05, 0.1) is 13.7 Å². The third kappa shape index (κ3) is 3.72. The minimum absolute atomic E-state index is 0.0925. The molecule has 0 saturated carbocycles. The SMILES string of the molecule is COC(=O)C1C(=O)c2ccc(Br)cc2CN1C(=O)OC(C)(C)C. The van der Waals surface area contributed by atoms with Crippen LogP contribution in [0, 0.1) is 0 Å². The van der Waals surface area contributed by atoms with Crippen molar-refractivity contribution < 1.29 is 23.9 Å². The smallest absolute Gasteiger partial charge is 0.411 e. The number of ether oxygens (including phenoxy) is 2.